The molecule has 1 amide bonds. The summed E-state index contributed by atoms with van der Waals surface area (Å²) in [6.45, 7) is 6.38. The molecule has 0 spiro atoms. The van der Waals surface area contributed by atoms with E-state index in [1.165, 1.54) is 6.92 Å². The zero-order chi connectivity index (χ0) is 19.8. The number of carbonyl (C=O) groups is 2. The monoisotopic (exact) mass is 389 g/mol. The van der Waals surface area contributed by atoms with Crippen molar-refractivity contribution < 1.29 is 19.1 Å². The van der Waals surface area contributed by atoms with Gasteiger partial charge in [0.2, 0.25) is 0 Å². The van der Waals surface area contributed by atoms with Crippen LogP contribution in [0.4, 0.5) is 5.69 Å². The summed E-state index contributed by atoms with van der Waals surface area (Å²) in [6.07, 6.45) is 1.91. The normalized spacial score (nSPS) is 10.4. The Labute approximate surface area is 164 Å². The molecule has 0 heterocycles. The maximum atomic E-state index is 12.6. The summed E-state index contributed by atoms with van der Waals surface area (Å²) in [5.41, 5.74) is 1.53. The van der Waals surface area contributed by atoms with E-state index in [-0.39, 0.29) is 11.7 Å². The van der Waals surface area contributed by atoms with E-state index in [0.29, 0.717) is 46.5 Å². The number of carbonyl (C=O) groups excluding carboxylic acids is 2. The predicted octanol–water partition coefficient (Wildman–Crippen LogP) is 5.37. The van der Waals surface area contributed by atoms with E-state index in [1.54, 1.807) is 36.4 Å². The van der Waals surface area contributed by atoms with Gasteiger partial charge in [-0.1, -0.05) is 24.9 Å². The number of ether oxygens (including phenoxy) is 2. The summed E-state index contributed by atoms with van der Waals surface area (Å²) in [6, 6.07) is 9.88. The molecule has 6 heteroatoms. The average molecular weight is 390 g/mol. The first-order chi connectivity index (χ1) is 13.0. The van der Waals surface area contributed by atoms with Crippen LogP contribution in [0.15, 0.2) is 36.4 Å². The van der Waals surface area contributed by atoms with Crippen molar-refractivity contribution in [1.82, 2.24) is 0 Å². The average Bonchev–Trinajstić information content (AvgIpc) is 2.64. The minimum Gasteiger partial charge on any atom is -0.490 e. The third-order valence-corrected chi connectivity index (χ3v) is 4.15. The topological polar surface area (TPSA) is 64.6 Å². The first-order valence-corrected chi connectivity index (χ1v) is 9.35. The van der Waals surface area contributed by atoms with Gasteiger partial charge in [-0.05, 0) is 56.7 Å². The number of hydrogen-bond acceptors (Lipinski definition) is 4. The maximum Gasteiger partial charge on any atom is 0.255 e. The Morgan fingerprint density at radius 1 is 1.04 bits per heavy atom. The molecule has 0 aromatic heterocycles. The first kappa shape index (κ1) is 20.8. The molecule has 0 aliphatic heterocycles. The summed E-state index contributed by atoms with van der Waals surface area (Å²) in [5, 5.41) is 3.12. The van der Waals surface area contributed by atoms with Crippen molar-refractivity contribution in [3.8, 4) is 11.5 Å². The van der Waals surface area contributed by atoms with E-state index >= 15 is 0 Å². The van der Waals surface area contributed by atoms with E-state index in [9.17, 15) is 9.59 Å². The van der Waals surface area contributed by atoms with E-state index in [0.717, 1.165) is 12.8 Å². The first-order valence-electron chi connectivity index (χ1n) is 8.97. The molecule has 1 N–H and O–H groups in total. The lowest BCUT2D eigenvalue weighted by molar-refractivity contribution is 0.101. The minimum atomic E-state index is -0.325. The fraction of sp³-hybridized carbons (Fsp3) is 0.333. The van der Waals surface area contributed by atoms with Crippen molar-refractivity contribution in [1.29, 1.82) is 0 Å². The van der Waals surface area contributed by atoms with Crippen LogP contribution in [-0.4, -0.2) is 24.9 Å². The third-order valence-electron chi connectivity index (χ3n) is 3.87. The summed E-state index contributed by atoms with van der Waals surface area (Å²) in [4.78, 5) is 23.9. The number of halogens is 1. The number of ketones is 1. The van der Waals surface area contributed by atoms with Gasteiger partial charge in [0.25, 0.3) is 5.91 Å². The Balaban J connectivity index is 2.20. The van der Waals surface area contributed by atoms with Gasteiger partial charge < -0.3 is 14.8 Å². The highest BCUT2D eigenvalue weighted by molar-refractivity contribution is 6.32. The SMILES string of the molecule is CCCCOc1c(Cl)cc(C(=O)Nc2ccc(C(C)=O)cc2)cc1OCC. The number of nitrogens with one attached hydrogen (secondary N) is 1. The molecule has 2 aromatic carbocycles. The summed E-state index contributed by atoms with van der Waals surface area (Å²) >= 11 is 6.33. The van der Waals surface area contributed by atoms with Crippen LogP contribution in [0.3, 0.4) is 0 Å². The van der Waals surface area contributed by atoms with Crippen LogP contribution in [0.1, 0.15) is 54.3 Å². The van der Waals surface area contributed by atoms with Gasteiger partial charge in [0.15, 0.2) is 17.3 Å². The summed E-state index contributed by atoms with van der Waals surface area (Å²) in [7, 11) is 0. The Morgan fingerprint density at radius 2 is 1.74 bits per heavy atom. The molecular formula is C21H24ClNO4. The van der Waals surface area contributed by atoms with E-state index in [1.807, 2.05) is 6.92 Å². The standard InChI is InChI=1S/C21H24ClNO4/c1-4-6-11-27-20-18(22)12-16(13-19(20)26-5-2)21(25)23-17-9-7-15(8-10-17)14(3)24/h7-10,12-13H,4-6,11H2,1-3H3,(H,23,25). The van der Waals surface area contributed by atoms with Crippen LogP contribution in [0.25, 0.3) is 0 Å². The number of rotatable bonds is 9. The van der Waals surface area contributed by atoms with Crippen molar-refractivity contribution in [2.75, 3.05) is 18.5 Å². The number of amides is 1. The van der Waals surface area contributed by atoms with Crippen molar-refractivity contribution in [3.05, 3.63) is 52.5 Å². The number of unbranched alkanes of at least 4 members (excludes halogenated alkanes) is 1. The highest BCUT2D eigenvalue weighted by atomic mass is 35.5. The quantitative estimate of drug-likeness (QED) is 0.462. The molecular weight excluding hydrogens is 366 g/mol. The molecule has 0 aliphatic carbocycles. The van der Waals surface area contributed by atoms with Gasteiger partial charge in [-0.2, -0.15) is 0 Å². The summed E-state index contributed by atoms with van der Waals surface area (Å²) < 4.78 is 11.3. The van der Waals surface area contributed by atoms with E-state index < -0.39 is 0 Å². The molecule has 2 rings (SSSR count). The van der Waals surface area contributed by atoms with Crippen molar-refractivity contribution >= 4 is 29.0 Å². The number of anilines is 1. The smallest absolute Gasteiger partial charge is 0.255 e. The van der Waals surface area contributed by atoms with Gasteiger partial charge in [0.05, 0.1) is 18.2 Å². The highest BCUT2D eigenvalue weighted by Crippen LogP contribution is 2.37. The summed E-state index contributed by atoms with van der Waals surface area (Å²) in [5.74, 6) is 0.542. The molecule has 0 atom stereocenters. The van der Waals surface area contributed by atoms with Crippen LogP contribution in [-0.2, 0) is 0 Å². The minimum absolute atomic E-state index is 0.0281. The molecule has 0 fully saturated rings. The molecule has 27 heavy (non-hydrogen) atoms. The third kappa shape index (κ3) is 5.73. The Morgan fingerprint density at radius 3 is 2.33 bits per heavy atom. The Hall–Kier alpha value is -2.53. The molecule has 0 unspecified atom stereocenters. The predicted molar refractivity (Wildman–Crippen MR) is 107 cm³/mol. The van der Waals surface area contributed by atoms with Gasteiger partial charge in [0.1, 0.15) is 0 Å². The lowest BCUT2D eigenvalue weighted by Gasteiger charge is -2.15. The van der Waals surface area contributed by atoms with Crippen LogP contribution in [0, 0.1) is 0 Å². The van der Waals surface area contributed by atoms with Crippen molar-refractivity contribution in [2.45, 2.75) is 33.6 Å². The fourth-order valence-electron chi connectivity index (χ4n) is 2.41. The second-order valence-corrected chi connectivity index (χ2v) is 6.42. The lowest BCUT2D eigenvalue weighted by Crippen LogP contribution is -2.13. The highest BCUT2D eigenvalue weighted by Gasteiger charge is 2.16. The number of hydrogen-bond donors (Lipinski definition) is 1. The van der Waals surface area contributed by atoms with Gasteiger partial charge in [0, 0.05) is 16.8 Å². The largest absolute Gasteiger partial charge is 0.490 e. The number of Topliss-reactive ketones (excluding diaryl/α,β-unsaturated/α-hetero) is 1. The second kappa shape index (κ2) is 9.97. The fourth-order valence-corrected chi connectivity index (χ4v) is 2.68. The zero-order valence-corrected chi connectivity index (χ0v) is 16.6. The van der Waals surface area contributed by atoms with E-state index in [4.69, 9.17) is 21.1 Å². The zero-order valence-electron chi connectivity index (χ0n) is 15.8. The van der Waals surface area contributed by atoms with Crippen LogP contribution < -0.4 is 14.8 Å². The lowest BCUT2D eigenvalue weighted by atomic mass is 10.1. The van der Waals surface area contributed by atoms with Gasteiger partial charge in [-0.3, -0.25) is 9.59 Å². The molecule has 0 radical (unpaired) electrons. The maximum absolute atomic E-state index is 12.6. The van der Waals surface area contributed by atoms with Crippen LogP contribution in [0.2, 0.25) is 5.02 Å². The molecule has 0 aliphatic rings. The van der Waals surface area contributed by atoms with E-state index in [2.05, 4.69) is 12.2 Å². The van der Waals surface area contributed by atoms with Gasteiger partial charge in [-0.15, -0.1) is 0 Å². The molecule has 144 valence electrons. The number of benzene rings is 2. The molecule has 0 saturated heterocycles. The Kier molecular flexibility index (Phi) is 7.67. The van der Waals surface area contributed by atoms with Crippen LogP contribution >= 0.6 is 11.6 Å². The van der Waals surface area contributed by atoms with Gasteiger partial charge >= 0.3 is 0 Å². The van der Waals surface area contributed by atoms with Gasteiger partial charge in [-0.25, -0.2) is 0 Å². The molecule has 0 saturated carbocycles. The van der Waals surface area contributed by atoms with Crippen LogP contribution in [0.5, 0.6) is 11.5 Å². The second-order valence-electron chi connectivity index (χ2n) is 6.01. The Bertz CT molecular complexity index is 803. The van der Waals surface area contributed by atoms with Crippen molar-refractivity contribution in [3.63, 3.8) is 0 Å². The van der Waals surface area contributed by atoms with Crippen molar-refractivity contribution in [2.24, 2.45) is 0 Å². The molecule has 2 aromatic rings. The molecule has 5 nitrogen and oxygen atoms in total. The molecule has 0 bridgehead atoms.